The number of carbonyl (C=O) groups excluding carboxylic acids is 1. The molecule has 3 heterocycles. The molecule has 3 aromatic heterocycles. The molecule has 3 rings (SSSR count). The molecule has 0 N–H and O–H groups in total. The van der Waals surface area contributed by atoms with Crippen LogP contribution in [0.1, 0.15) is 26.6 Å². The molecule has 0 amide bonds. The molecule has 3 aromatic rings. The number of fused-ring (bicyclic) bond motifs is 1. The number of thiophene rings is 2. The summed E-state index contributed by atoms with van der Waals surface area (Å²) in [6.07, 6.45) is 0. The minimum atomic E-state index is -0.320. The monoisotopic (exact) mass is 362 g/mol. The first-order chi connectivity index (χ1) is 10.9. The molecule has 0 aliphatic heterocycles. The third-order valence-electron chi connectivity index (χ3n) is 3.48. The predicted octanol–water partition coefficient (Wildman–Crippen LogP) is 5.44. The maximum absolute atomic E-state index is 12.3. The average Bonchev–Trinajstić information content (AvgIpc) is 3.11. The Bertz CT molecular complexity index is 845. The minimum absolute atomic E-state index is 0.236. The van der Waals surface area contributed by atoms with Crippen molar-refractivity contribution in [3.63, 3.8) is 0 Å². The van der Waals surface area contributed by atoms with Crippen LogP contribution in [0.5, 0.6) is 0 Å². The predicted molar refractivity (Wildman–Crippen MR) is 101 cm³/mol. The van der Waals surface area contributed by atoms with Crippen molar-refractivity contribution in [2.75, 3.05) is 5.75 Å². The highest BCUT2D eigenvalue weighted by Gasteiger charge is 2.22. The van der Waals surface area contributed by atoms with Gasteiger partial charge in [-0.05, 0) is 18.4 Å². The molecular weight excluding hydrogens is 344 g/mol. The number of Topliss-reactive ketones (excluding diaryl/α,β-unsaturated/α-hetero) is 1. The number of thioether (sulfide) groups is 1. The fraction of sp³-hybridized carbons (Fsp3) is 0.353. The van der Waals surface area contributed by atoms with Crippen molar-refractivity contribution in [3.8, 4) is 10.4 Å². The second-order valence-corrected chi connectivity index (χ2v) is 9.11. The van der Waals surface area contributed by atoms with Crippen molar-refractivity contribution in [2.45, 2.75) is 32.7 Å². The Balaban J connectivity index is 2.02. The van der Waals surface area contributed by atoms with E-state index in [0.29, 0.717) is 5.75 Å². The molecule has 0 atom stereocenters. The molecule has 0 bridgehead atoms. The van der Waals surface area contributed by atoms with Gasteiger partial charge in [0.2, 0.25) is 0 Å². The quantitative estimate of drug-likeness (QED) is 0.458. The summed E-state index contributed by atoms with van der Waals surface area (Å²) >= 11 is 4.88. The highest BCUT2D eigenvalue weighted by molar-refractivity contribution is 8.00. The van der Waals surface area contributed by atoms with Gasteiger partial charge in [0.15, 0.2) is 0 Å². The zero-order valence-electron chi connectivity index (χ0n) is 13.5. The number of hydrogen-bond acceptors (Lipinski definition) is 6. The Labute approximate surface area is 148 Å². The normalized spacial score (nSPS) is 12.0. The van der Waals surface area contributed by atoms with E-state index in [1.165, 1.54) is 22.2 Å². The zero-order valence-corrected chi connectivity index (χ0v) is 16.0. The Morgan fingerprint density at radius 1 is 1.26 bits per heavy atom. The summed E-state index contributed by atoms with van der Waals surface area (Å²) in [5.74, 6) is 1.43. The molecule has 0 saturated heterocycles. The van der Waals surface area contributed by atoms with Crippen LogP contribution in [0.25, 0.3) is 20.7 Å². The van der Waals surface area contributed by atoms with E-state index in [1.807, 2.05) is 27.7 Å². The Kier molecular flexibility index (Phi) is 4.58. The van der Waals surface area contributed by atoms with Gasteiger partial charge in [-0.1, -0.05) is 38.6 Å². The lowest BCUT2D eigenvalue weighted by atomic mass is 9.92. The van der Waals surface area contributed by atoms with Crippen molar-refractivity contribution in [1.29, 1.82) is 0 Å². The van der Waals surface area contributed by atoms with Gasteiger partial charge in [-0.25, -0.2) is 9.97 Å². The maximum Gasteiger partial charge on any atom is 0.148 e. The van der Waals surface area contributed by atoms with Crippen molar-refractivity contribution < 1.29 is 4.79 Å². The van der Waals surface area contributed by atoms with E-state index in [9.17, 15) is 4.79 Å². The molecule has 6 heteroatoms. The molecular formula is C17H18N2OS3. The summed E-state index contributed by atoms with van der Waals surface area (Å²) in [6, 6.07) is 4.16. The smallest absolute Gasteiger partial charge is 0.148 e. The van der Waals surface area contributed by atoms with Gasteiger partial charge >= 0.3 is 0 Å². The molecule has 0 fully saturated rings. The van der Waals surface area contributed by atoms with Gasteiger partial charge in [0.05, 0.1) is 11.1 Å². The van der Waals surface area contributed by atoms with Crippen molar-refractivity contribution in [3.05, 3.63) is 28.7 Å². The van der Waals surface area contributed by atoms with Crippen LogP contribution in [0.4, 0.5) is 0 Å². The number of nitrogens with zero attached hydrogens (tertiary/aromatic N) is 2. The topological polar surface area (TPSA) is 42.9 Å². The first kappa shape index (κ1) is 16.6. The van der Waals surface area contributed by atoms with Crippen LogP contribution in [0, 0.1) is 12.3 Å². The van der Waals surface area contributed by atoms with Crippen molar-refractivity contribution in [2.24, 2.45) is 5.41 Å². The van der Waals surface area contributed by atoms with Crippen LogP contribution in [0.3, 0.4) is 0 Å². The molecule has 0 spiro atoms. The Morgan fingerprint density at radius 2 is 2.04 bits per heavy atom. The maximum atomic E-state index is 12.3. The SMILES string of the molecule is Cc1nc(SCC(=O)C(C)(C)C)c2c(-c3cccs3)csc2n1. The van der Waals surface area contributed by atoms with E-state index >= 15 is 0 Å². The van der Waals surface area contributed by atoms with E-state index < -0.39 is 0 Å². The third-order valence-corrected chi connectivity index (χ3v) is 6.23. The lowest BCUT2D eigenvalue weighted by Crippen LogP contribution is -2.22. The average molecular weight is 363 g/mol. The lowest BCUT2D eigenvalue weighted by Gasteiger charge is -2.16. The lowest BCUT2D eigenvalue weighted by molar-refractivity contribution is -0.123. The highest BCUT2D eigenvalue weighted by Crippen LogP contribution is 2.40. The first-order valence-corrected chi connectivity index (χ1v) is 10.1. The molecule has 0 aromatic carbocycles. The van der Waals surface area contributed by atoms with Gasteiger partial charge in [-0.2, -0.15) is 0 Å². The summed E-state index contributed by atoms with van der Waals surface area (Å²) in [6.45, 7) is 7.77. The molecule has 0 saturated carbocycles. The first-order valence-electron chi connectivity index (χ1n) is 7.32. The van der Waals surface area contributed by atoms with Crippen LogP contribution in [0.2, 0.25) is 0 Å². The molecule has 3 nitrogen and oxygen atoms in total. The fourth-order valence-electron chi connectivity index (χ4n) is 2.08. The van der Waals surface area contributed by atoms with Crippen LogP contribution in [0.15, 0.2) is 27.9 Å². The number of carbonyl (C=O) groups is 1. The number of hydrogen-bond donors (Lipinski definition) is 0. The fourth-order valence-corrected chi connectivity index (χ4v) is 5.20. The second kappa shape index (κ2) is 6.34. The number of aromatic nitrogens is 2. The summed E-state index contributed by atoms with van der Waals surface area (Å²) in [7, 11) is 0. The summed E-state index contributed by atoms with van der Waals surface area (Å²) in [4.78, 5) is 23.6. The van der Waals surface area contributed by atoms with Gasteiger partial charge in [-0.3, -0.25) is 4.79 Å². The molecule has 0 aliphatic carbocycles. The van der Waals surface area contributed by atoms with Gasteiger partial charge in [-0.15, -0.1) is 22.7 Å². The molecule has 0 aliphatic rings. The van der Waals surface area contributed by atoms with Crippen LogP contribution < -0.4 is 0 Å². The van der Waals surface area contributed by atoms with Crippen molar-refractivity contribution in [1.82, 2.24) is 9.97 Å². The molecule has 23 heavy (non-hydrogen) atoms. The Morgan fingerprint density at radius 3 is 2.70 bits per heavy atom. The molecule has 0 unspecified atom stereocenters. The third kappa shape index (κ3) is 3.49. The van der Waals surface area contributed by atoms with Gasteiger partial charge in [0, 0.05) is 21.2 Å². The van der Waals surface area contributed by atoms with Crippen LogP contribution in [-0.2, 0) is 4.79 Å². The largest absolute Gasteiger partial charge is 0.298 e. The van der Waals surface area contributed by atoms with Gasteiger partial charge < -0.3 is 0 Å². The molecule has 0 radical (unpaired) electrons. The van der Waals surface area contributed by atoms with Gasteiger partial charge in [0.25, 0.3) is 0 Å². The second-order valence-electron chi connectivity index (χ2n) is 6.34. The minimum Gasteiger partial charge on any atom is -0.298 e. The van der Waals surface area contributed by atoms with Crippen LogP contribution in [-0.4, -0.2) is 21.5 Å². The number of aryl methyl sites for hydroxylation is 1. The summed E-state index contributed by atoms with van der Waals surface area (Å²) < 4.78 is 0. The van der Waals surface area contributed by atoms with Crippen LogP contribution >= 0.6 is 34.4 Å². The number of rotatable bonds is 4. The highest BCUT2D eigenvalue weighted by atomic mass is 32.2. The van der Waals surface area contributed by atoms with E-state index in [1.54, 1.807) is 22.7 Å². The number of ketones is 1. The van der Waals surface area contributed by atoms with E-state index in [4.69, 9.17) is 0 Å². The van der Waals surface area contributed by atoms with E-state index in [0.717, 1.165) is 21.1 Å². The Hall–Kier alpha value is -1.24. The van der Waals surface area contributed by atoms with E-state index in [2.05, 4.69) is 32.9 Å². The van der Waals surface area contributed by atoms with E-state index in [-0.39, 0.29) is 11.2 Å². The van der Waals surface area contributed by atoms with Gasteiger partial charge in [0.1, 0.15) is 21.5 Å². The van der Waals surface area contributed by atoms with Crippen molar-refractivity contribution >= 4 is 50.4 Å². The summed E-state index contributed by atoms with van der Waals surface area (Å²) in [5.41, 5.74) is 0.852. The molecule has 120 valence electrons. The standard InChI is InChI=1S/C17H18N2OS3/c1-10-18-15-14(11(8-22-15)12-6-5-7-21-12)16(19-10)23-9-13(20)17(2,3)4/h5-8H,9H2,1-4H3. The zero-order chi connectivity index (χ0) is 16.6. The summed E-state index contributed by atoms with van der Waals surface area (Å²) in [5, 5.41) is 6.20.